The third-order valence-electron chi connectivity index (χ3n) is 6.74. The van der Waals surface area contributed by atoms with E-state index in [2.05, 4.69) is 26.8 Å². The molecule has 2 aromatic heterocycles. The fourth-order valence-corrected chi connectivity index (χ4v) is 4.74. The Labute approximate surface area is 223 Å². The lowest BCUT2D eigenvalue weighted by Crippen LogP contribution is -2.40. The van der Waals surface area contributed by atoms with Crippen molar-refractivity contribution in [3.63, 3.8) is 0 Å². The summed E-state index contributed by atoms with van der Waals surface area (Å²) < 4.78 is 12.4. The van der Waals surface area contributed by atoms with E-state index in [1.165, 1.54) is 10.9 Å². The van der Waals surface area contributed by atoms with Gasteiger partial charge in [0.05, 0.1) is 18.0 Å². The van der Waals surface area contributed by atoms with Crippen LogP contribution in [-0.2, 0) is 4.74 Å². The summed E-state index contributed by atoms with van der Waals surface area (Å²) in [7, 11) is 0. The minimum absolute atomic E-state index is 0.120. The largest absolute Gasteiger partial charge is 0.415 e. The van der Waals surface area contributed by atoms with E-state index in [1.807, 2.05) is 0 Å². The number of likely N-dealkylation sites (tertiary alicyclic amines) is 1. The van der Waals surface area contributed by atoms with Gasteiger partial charge in [-0.25, -0.2) is 19.7 Å². The summed E-state index contributed by atoms with van der Waals surface area (Å²) >= 11 is 6.07. The van der Waals surface area contributed by atoms with Gasteiger partial charge in [0.25, 0.3) is 0 Å². The molecular formula is C25H27ClN6O6. The first-order valence-electron chi connectivity index (χ1n) is 12.2. The first-order chi connectivity index (χ1) is 18.4. The smallest absolute Gasteiger partial charge is 0.409 e. The Hall–Kier alpha value is -3.47. The number of aromatic nitrogens is 4. The van der Waals surface area contributed by atoms with Crippen molar-refractivity contribution < 1.29 is 29.6 Å². The molecule has 200 valence electrons. The number of aliphatic hydroxyl groups is 3. The van der Waals surface area contributed by atoms with Gasteiger partial charge in [0.15, 0.2) is 23.4 Å². The number of aliphatic hydroxyl groups excluding tert-OH is 3. The second-order valence-corrected chi connectivity index (χ2v) is 9.63. The SMILES string of the molecule is Nc1nc(C#CCC2CCN(C(=O)Oc3ccccc3Cl)CC2)nc2c1ncn2C1OC(CO)[C@H](O)[C@@H]1O. The molecule has 5 rings (SSSR count). The van der Waals surface area contributed by atoms with Gasteiger partial charge >= 0.3 is 6.09 Å². The predicted molar refractivity (Wildman–Crippen MR) is 136 cm³/mol. The molecule has 1 aromatic carbocycles. The molecule has 0 saturated carbocycles. The van der Waals surface area contributed by atoms with Crippen LogP contribution in [0.15, 0.2) is 30.6 Å². The fraction of sp³-hybridized carbons (Fsp3) is 0.440. The van der Waals surface area contributed by atoms with Crippen molar-refractivity contribution in [1.82, 2.24) is 24.4 Å². The molecule has 38 heavy (non-hydrogen) atoms. The summed E-state index contributed by atoms with van der Waals surface area (Å²) in [5.41, 5.74) is 6.67. The topological polar surface area (TPSA) is 169 Å². The average Bonchev–Trinajstić information content (AvgIpc) is 3.46. The number of piperidine rings is 1. The van der Waals surface area contributed by atoms with Crippen LogP contribution in [0.1, 0.15) is 31.3 Å². The fourth-order valence-electron chi connectivity index (χ4n) is 4.57. The molecule has 2 unspecified atom stereocenters. The van der Waals surface area contributed by atoms with Gasteiger partial charge in [0.1, 0.15) is 23.8 Å². The molecule has 0 bridgehead atoms. The number of carbonyl (C=O) groups is 1. The first kappa shape index (κ1) is 26.1. The van der Waals surface area contributed by atoms with Crippen molar-refractivity contribution >= 4 is 34.7 Å². The Bertz CT molecular complexity index is 1380. The molecule has 3 aromatic rings. The van der Waals surface area contributed by atoms with E-state index in [4.69, 9.17) is 26.8 Å². The van der Waals surface area contributed by atoms with Crippen LogP contribution in [0.25, 0.3) is 11.2 Å². The number of hydrogen-bond acceptors (Lipinski definition) is 10. The monoisotopic (exact) mass is 542 g/mol. The van der Waals surface area contributed by atoms with Gasteiger partial charge in [-0.05, 0) is 36.8 Å². The van der Waals surface area contributed by atoms with Gasteiger partial charge in [-0.3, -0.25) is 4.57 Å². The molecule has 4 atom stereocenters. The lowest BCUT2D eigenvalue weighted by Gasteiger charge is -2.30. The van der Waals surface area contributed by atoms with E-state index in [9.17, 15) is 20.1 Å². The number of carbonyl (C=O) groups excluding carboxylic acids is 1. The number of para-hydroxylation sites is 1. The van der Waals surface area contributed by atoms with E-state index in [-0.39, 0.29) is 17.6 Å². The Balaban J connectivity index is 1.21. The maximum Gasteiger partial charge on any atom is 0.415 e. The Morgan fingerprint density at radius 2 is 1.97 bits per heavy atom. The van der Waals surface area contributed by atoms with E-state index < -0.39 is 37.2 Å². The number of anilines is 1. The van der Waals surface area contributed by atoms with Crippen molar-refractivity contribution in [3.8, 4) is 17.6 Å². The molecule has 1 amide bonds. The molecule has 2 aliphatic rings. The number of nitrogen functional groups attached to an aromatic ring is 1. The zero-order valence-electron chi connectivity index (χ0n) is 20.3. The van der Waals surface area contributed by atoms with Crippen LogP contribution in [0, 0.1) is 17.8 Å². The van der Waals surface area contributed by atoms with Gasteiger partial charge in [-0.15, -0.1) is 0 Å². The van der Waals surface area contributed by atoms with Gasteiger partial charge < -0.3 is 35.4 Å². The molecule has 4 heterocycles. The molecule has 12 nitrogen and oxygen atoms in total. The van der Waals surface area contributed by atoms with E-state index >= 15 is 0 Å². The molecule has 0 aliphatic carbocycles. The second-order valence-electron chi connectivity index (χ2n) is 9.22. The summed E-state index contributed by atoms with van der Waals surface area (Å²) in [5, 5.41) is 30.2. The van der Waals surface area contributed by atoms with Crippen LogP contribution >= 0.6 is 11.6 Å². The number of imidazole rings is 1. The molecule has 13 heteroatoms. The first-order valence-corrected chi connectivity index (χ1v) is 12.6. The highest BCUT2D eigenvalue weighted by atomic mass is 35.5. The van der Waals surface area contributed by atoms with Crippen molar-refractivity contribution in [2.24, 2.45) is 5.92 Å². The van der Waals surface area contributed by atoms with Crippen molar-refractivity contribution in [2.45, 2.75) is 43.8 Å². The van der Waals surface area contributed by atoms with E-state index in [1.54, 1.807) is 29.2 Å². The summed E-state index contributed by atoms with van der Waals surface area (Å²) in [6.07, 6.45) is -1.40. The van der Waals surface area contributed by atoms with Crippen molar-refractivity contribution in [3.05, 3.63) is 41.4 Å². The predicted octanol–water partition coefficient (Wildman–Crippen LogP) is 1.33. The number of amides is 1. The Morgan fingerprint density at radius 3 is 2.68 bits per heavy atom. The number of ether oxygens (including phenoxy) is 2. The van der Waals surface area contributed by atoms with E-state index in [0.29, 0.717) is 41.4 Å². The standard InChI is InChI=1S/C25H27ClN6O6/c26-15-5-1-2-6-16(15)38-25(36)31-10-8-14(9-11-31)4-3-7-18-29-22(27)19-23(30-18)32(13-28-19)24-21(35)20(34)17(12-33)37-24/h1-2,5-6,13-14,17,20-21,24,33-35H,4,8-12H2,(H2,27,29,30)/t17?,20-,21-,24?/m0/s1. The molecule has 2 saturated heterocycles. The molecule has 2 fully saturated rings. The van der Waals surface area contributed by atoms with Crippen LogP contribution in [0.4, 0.5) is 10.6 Å². The zero-order valence-corrected chi connectivity index (χ0v) is 21.0. The number of nitrogens with zero attached hydrogens (tertiary/aromatic N) is 5. The molecule has 5 N–H and O–H groups in total. The van der Waals surface area contributed by atoms with Crippen molar-refractivity contribution in [2.75, 3.05) is 25.4 Å². The summed E-state index contributed by atoms with van der Waals surface area (Å²) in [4.78, 5) is 27.0. The number of rotatable bonds is 4. The number of fused-ring (bicyclic) bond motifs is 1. The third-order valence-corrected chi connectivity index (χ3v) is 7.05. The average molecular weight is 543 g/mol. The lowest BCUT2D eigenvalue weighted by atomic mass is 9.94. The zero-order chi connectivity index (χ0) is 26.8. The molecular weight excluding hydrogens is 516 g/mol. The van der Waals surface area contributed by atoms with Crippen LogP contribution < -0.4 is 10.5 Å². The summed E-state index contributed by atoms with van der Waals surface area (Å²) in [6, 6.07) is 6.84. The molecule has 0 radical (unpaired) electrons. The van der Waals surface area contributed by atoms with Gasteiger partial charge in [0, 0.05) is 19.5 Å². The highest BCUT2D eigenvalue weighted by molar-refractivity contribution is 6.32. The van der Waals surface area contributed by atoms with Crippen LogP contribution in [0.5, 0.6) is 5.75 Å². The Morgan fingerprint density at radius 1 is 1.21 bits per heavy atom. The van der Waals surface area contributed by atoms with Crippen LogP contribution in [0.2, 0.25) is 5.02 Å². The highest BCUT2D eigenvalue weighted by Crippen LogP contribution is 2.32. The maximum absolute atomic E-state index is 12.5. The molecule has 0 spiro atoms. The number of halogens is 1. The normalized spacial score (nSPS) is 23.8. The van der Waals surface area contributed by atoms with Crippen molar-refractivity contribution in [1.29, 1.82) is 0 Å². The quantitative estimate of drug-likeness (QED) is 0.353. The van der Waals surface area contributed by atoms with E-state index in [0.717, 1.165) is 12.8 Å². The minimum Gasteiger partial charge on any atom is -0.409 e. The maximum atomic E-state index is 12.5. The van der Waals surface area contributed by atoms with Gasteiger partial charge in [-0.1, -0.05) is 29.7 Å². The second kappa shape index (κ2) is 11.1. The minimum atomic E-state index is -1.29. The Kier molecular flexibility index (Phi) is 7.64. The van der Waals surface area contributed by atoms with Gasteiger partial charge in [-0.2, -0.15) is 0 Å². The summed E-state index contributed by atoms with van der Waals surface area (Å²) in [6.45, 7) is 0.653. The van der Waals surface area contributed by atoms with Crippen LogP contribution in [0.3, 0.4) is 0 Å². The van der Waals surface area contributed by atoms with Crippen LogP contribution in [-0.4, -0.2) is 83.8 Å². The lowest BCUT2D eigenvalue weighted by molar-refractivity contribution is -0.0511. The number of hydrogen-bond donors (Lipinski definition) is 4. The third kappa shape index (κ3) is 5.24. The number of nitrogens with two attached hydrogens (primary N) is 1. The van der Waals surface area contributed by atoms with Gasteiger partial charge in [0.2, 0.25) is 5.82 Å². The number of benzene rings is 1. The highest BCUT2D eigenvalue weighted by Gasteiger charge is 2.44. The summed E-state index contributed by atoms with van der Waals surface area (Å²) in [5.74, 6) is 6.97. The molecule has 2 aliphatic heterocycles.